The van der Waals surface area contributed by atoms with Gasteiger partial charge in [-0.2, -0.15) is 0 Å². The summed E-state index contributed by atoms with van der Waals surface area (Å²) in [6.07, 6.45) is 0. The number of para-hydroxylation sites is 2. The second-order valence-corrected chi connectivity index (χ2v) is 12.9. The molecule has 2 heteroatoms. The van der Waals surface area contributed by atoms with Crippen molar-refractivity contribution in [3.8, 4) is 44.8 Å². The second kappa shape index (κ2) is 11.5. The lowest BCUT2D eigenvalue weighted by Gasteiger charge is -2.15. The standard InChI is InChI=1S/C48H32N2/c1-4-16-33(17-5-1)36-30-37(34-18-6-2-7-19-34)32-38(31-36)49-42-25-12-11-23-41(42)48-45(49)28-15-29-46(48)50-43-26-13-10-22-40(43)47-39(24-14-27-44(47)50)35-20-8-3-9-21-35/h1-32H. The van der Waals surface area contributed by atoms with Crippen LogP contribution in [0.3, 0.4) is 0 Å². The van der Waals surface area contributed by atoms with Crippen LogP contribution in [0.15, 0.2) is 194 Å². The minimum Gasteiger partial charge on any atom is -0.309 e. The van der Waals surface area contributed by atoms with E-state index in [-0.39, 0.29) is 0 Å². The molecule has 10 rings (SSSR count). The summed E-state index contributed by atoms with van der Waals surface area (Å²) in [5, 5.41) is 5.00. The van der Waals surface area contributed by atoms with Gasteiger partial charge < -0.3 is 9.13 Å². The second-order valence-electron chi connectivity index (χ2n) is 12.9. The van der Waals surface area contributed by atoms with E-state index in [1.54, 1.807) is 0 Å². The molecule has 0 amide bonds. The molecule has 0 saturated heterocycles. The predicted octanol–water partition coefficient (Wildman–Crippen LogP) is 12.9. The molecular weight excluding hydrogens is 605 g/mol. The van der Waals surface area contributed by atoms with Crippen molar-refractivity contribution in [2.45, 2.75) is 0 Å². The lowest BCUT2D eigenvalue weighted by Crippen LogP contribution is -1.97. The van der Waals surface area contributed by atoms with Gasteiger partial charge in [0.25, 0.3) is 0 Å². The third-order valence-electron chi connectivity index (χ3n) is 10.1. The molecule has 2 aromatic heterocycles. The molecular formula is C48H32N2. The van der Waals surface area contributed by atoms with Crippen molar-refractivity contribution in [3.05, 3.63) is 194 Å². The predicted molar refractivity (Wildman–Crippen MR) is 211 cm³/mol. The van der Waals surface area contributed by atoms with E-state index in [2.05, 4.69) is 203 Å². The molecule has 0 bridgehead atoms. The molecule has 0 N–H and O–H groups in total. The molecule has 0 atom stereocenters. The number of benzene rings is 8. The van der Waals surface area contributed by atoms with Crippen molar-refractivity contribution in [2.24, 2.45) is 0 Å². The molecule has 0 fully saturated rings. The van der Waals surface area contributed by atoms with Crippen LogP contribution in [0, 0.1) is 0 Å². The van der Waals surface area contributed by atoms with Crippen LogP contribution in [0.2, 0.25) is 0 Å². The molecule has 0 aliphatic heterocycles. The molecule has 2 nitrogen and oxygen atoms in total. The third kappa shape index (κ3) is 4.43. The number of nitrogens with zero attached hydrogens (tertiary/aromatic N) is 2. The molecule has 0 aliphatic rings. The van der Waals surface area contributed by atoms with Gasteiger partial charge in [0.05, 0.1) is 27.8 Å². The van der Waals surface area contributed by atoms with Gasteiger partial charge in [-0.3, -0.25) is 0 Å². The lowest BCUT2D eigenvalue weighted by molar-refractivity contribution is 1.17. The number of hydrogen-bond donors (Lipinski definition) is 0. The van der Waals surface area contributed by atoms with Gasteiger partial charge in [0, 0.05) is 27.2 Å². The minimum atomic E-state index is 1.14. The Hall–Kier alpha value is -6.64. The van der Waals surface area contributed by atoms with Crippen LogP contribution >= 0.6 is 0 Å². The van der Waals surface area contributed by atoms with Crippen molar-refractivity contribution < 1.29 is 0 Å². The van der Waals surface area contributed by atoms with E-state index < -0.39 is 0 Å². The summed E-state index contributed by atoms with van der Waals surface area (Å²) in [6.45, 7) is 0. The fraction of sp³-hybridized carbons (Fsp3) is 0. The van der Waals surface area contributed by atoms with Crippen LogP contribution in [0.25, 0.3) is 88.4 Å². The highest BCUT2D eigenvalue weighted by Crippen LogP contribution is 2.43. The molecule has 8 aromatic carbocycles. The van der Waals surface area contributed by atoms with Gasteiger partial charge in [-0.1, -0.05) is 146 Å². The van der Waals surface area contributed by atoms with Gasteiger partial charge in [-0.05, 0) is 81.9 Å². The zero-order chi connectivity index (χ0) is 33.0. The first-order valence-corrected chi connectivity index (χ1v) is 17.2. The Labute approximate surface area is 290 Å². The van der Waals surface area contributed by atoms with Crippen molar-refractivity contribution in [1.82, 2.24) is 9.13 Å². The van der Waals surface area contributed by atoms with Crippen molar-refractivity contribution in [1.29, 1.82) is 0 Å². The Kier molecular flexibility index (Phi) is 6.53. The Morgan fingerprint density at radius 3 is 1.36 bits per heavy atom. The molecule has 0 unspecified atom stereocenters. The topological polar surface area (TPSA) is 9.86 Å². The van der Waals surface area contributed by atoms with E-state index in [0.717, 1.165) is 5.69 Å². The van der Waals surface area contributed by atoms with Crippen molar-refractivity contribution >= 4 is 43.6 Å². The van der Waals surface area contributed by atoms with E-state index in [1.807, 2.05) is 0 Å². The summed E-state index contributed by atoms with van der Waals surface area (Å²) in [5.74, 6) is 0. The molecule has 50 heavy (non-hydrogen) atoms. The first kappa shape index (κ1) is 28.4. The van der Waals surface area contributed by atoms with E-state index in [4.69, 9.17) is 0 Å². The Morgan fingerprint density at radius 1 is 0.280 bits per heavy atom. The Bertz CT molecular complexity index is 2780. The summed E-state index contributed by atoms with van der Waals surface area (Å²) in [4.78, 5) is 0. The maximum Gasteiger partial charge on any atom is 0.0562 e. The number of fused-ring (bicyclic) bond motifs is 6. The molecule has 10 aromatic rings. The average Bonchev–Trinajstić information content (AvgIpc) is 3.72. The number of hydrogen-bond acceptors (Lipinski definition) is 0. The van der Waals surface area contributed by atoms with Crippen LogP contribution in [-0.2, 0) is 0 Å². The van der Waals surface area contributed by atoms with Crippen LogP contribution in [0.5, 0.6) is 0 Å². The normalized spacial score (nSPS) is 11.6. The quantitative estimate of drug-likeness (QED) is 0.178. The first-order chi connectivity index (χ1) is 24.8. The largest absolute Gasteiger partial charge is 0.309 e. The zero-order valence-corrected chi connectivity index (χ0v) is 27.4. The van der Waals surface area contributed by atoms with Crippen LogP contribution in [0.1, 0.15) is 0 Å². The zero-order valence-electron chi connectivity index (χ0n) is 27.4. The van der Waals surface area contributed by atoms with Gasteiger partial charge in [-0.15, -0.1) is 0 Å². The van der Waals surface area contributed by atoms with E-state index >= 15 is 0 Å². The van der Waals surface area contributed by atoms with Gasteiger partial charge in [-0.25, -0.2) is 0 Å². The molecule has 0 aliphatic carbocycles. The Morgan fingerprint density at radius 2 is 0.740 bits per heavy atom. The smallest absolute Gasteiger partial charge is 0.0562 e. The third-order valence-corrected chi connectivity index (χ3v) is 10.1. The molecule has 0 spiro atoms. The highest BCUT2D eigenvalue weighted by Gasteiger charge is 2.21. The minimum absolute atomic E-state index is 1.14. The summed E-state index contributed by atoms with van der Waals surface area (Å²) in [6, 6.07) is 70.4. The summed E-state index contributed by atoms with van der Waals surface area (Å²) in [7, 11) is 0. The maximum atomic E-state index is 2.48. The molecule has 0 saturated carbocycles. The van der Waals surface area contributed by atoms with Crippen LogP contribution in [-0.4, -0.2) is 9.13 Å². The van der Waals surface area contributed by atoms with Crippen LogP contribution in [0.4, 0.5) is 0 Å². The van der Waals surface area contributed by atoms with Crippen molar-refractivity contribution in [3.63, 3.8) is 0 Å². The fourth-order valence-electron chi connectivity index (χ4n) is 7.94. The van der Waals surface area contributed by atoms with Gasteiger partial charge in [0.1, 0.15) is 0 Å². The van der Waals surface area contributed by atoms with Crippen molar-refractivity contribution in [2.75, 3.05) is 0 Å². The summed E-state index contributed by atoms with van der Waals surface area (Å²) in [5.41, 5.74) is 14.4. The van der Waals surface area contributed by atoms with Gasteiger partial charge >= 0.3 is 0 Å². The van der Waals surface area contributed by atoms with E-state index in [9.17, 15) is 0 Å². The van der Waals surface area contributed by atoms with E-state index in [0.29, 0.717) is 0 Å². The number of aromatic nitrogens is 2. The fourth-order valence-corrected chi connectivity index (χ4v) is 7.94. The highest BCUT2D eigenvalue weighted by molar-refractivity contribution is 6.19. The SMILES string of the molecule is c1ccc(-c2cc(-c3ccccc3)cc(-n3c4ccccc4c4c(-n5c6ccccc6c6c(-c7ccccc7)cccc65)cccc43)c2)cc1. The molecule has 234 valence electrons. The molecule has 0 radical (unpaired) electrons. The maximum absolute atomic E-state index is 2.48. The summed E-state index contributed by atoms with van der Waals surface area (Å²) < 4.78 is 4.93. The van der Waals surface area contributed by atoms with E-state index in [1.165, 1.54) is 82.7 Å². The average molecular weight is 637 g/mol. The number of rotatable bonds is 5. The summed E-state index contributed by atoms with van der Waals surface area (Å²) >= 11 is 0. The van der Waals surface area contributed by atoms with Gasteiger partial charge in [0.2, 0.25) is 0 Å². The first-order valence-electron chi connectivity index (χ1n) is 17.2. The van der Waals surface area contributed by atoms with Gasteiger partial charge in [0.15, 0.2) is 0 Å². The highest BCUT2D eigenvalue weighted by atomic mass is 15.0. The Balaban J connectivity index is 1.29. The molecule has 2 heterocycles. The lowest BCUT2D eigenvalue weighted by atomic mass is 9.98. The monoisotopic (exact) mass is 636 g/mol. The van der Waals surface area contributed by atoms with Crippen LogP contribution < -0.4 is 0 Å².